The minimum absolute atomic E-state index is 0.284. The molecule has 0 fully saturated rings. The lowest BCUT2D eigenvalue weighted by Crippen LogP contribution is -2.06. The standard InChI is InChI=1S/C21H23NO4/c1-5-22-18-8-6-15(10-14(18)11-19(22)21(23)24)26-16-7-9-20(25-4)17(12-16)13(2)3/h6-13H,5H2,1-4H3,(H,23,24). The topological polar surface area (TPSA) is 60.7 Å². The van der Waals surface area contributed by atoms with Crippen LogP contribution in [0.15, 0.2) is 42.5 Å². The average molecular weight is 353 g/mol. The number of hydrogen-bond donors (Lipinski definition) is 1. The first-order valence-corrected chi connectivity index (χ1v) is 8.67. The van der Waals surface area contributed by atoms with Gasteiger partial charge >= 0.3 is 5.97 Å². The molecule has 2 aromatic carbocycles. The van der Waals surface area contributed by atoms with Crippen molar-refractivity contribution in [2.45, 2.75) is 33.2 Å². The molecule has 0 atom stereocenters. The van der Waals surface area contributed by atoms with Crippen LogP contribution in [0.3, 0.4) is 0 Å². The molecule has 1 aromatic heterocycles. The maximum atomic E-state index is 11.4. The predicted molar refractivity (Wildman–Crippen MR) is 102 cm³/mol. The Labute approximate surface area is 152 Å². The maximum Gasteiger partial charge on any atom is 0.352 e. The van der Waals surface area contributed by atoms with Crippen LogP contribution < -0.4 is 9.47 Å². The van der Waals surface area contributed by atoms with Crippen LogP contribution in [0.2, 0.25) is 0 Å². The molecule has 1 N–H and O–H groups in total. The summed E-state index contributed by atoms with van der Waals surface area (Å²) in [6.45, 7) is 6.74. The summed E-state index contributed by atoms with van der Waals surface area (Å²) in [7, 11) is 1.66. The molecule has 0 aliphatic heterocycles. The number of carbonyl (C=O) groups is 1. The normalized spacial score (nSPS) is 11.1. The Morgan fingerprint density at radius 2 is 1.81 bits per heavy atom. The number of ether oxygens (including phenoxy) is 2. The molecule has 136 valence electrons. The monoisotopic (exact) mass is 353 g/mol. The number of aromatic nitrogens is 1. The van der Waals surface area contributed by atoms with Crippen molar-refractivity contribution in [3.8, 4) is 17.2 Å². The van der Waals surface area contributed by atoms with Gasteiger partial charge in [0.15, 0.2) is 0 Å². The van der Waals surface area contributed by atoms with Crippen molar-refractivity contribution in [2.75, 3.05) is 7.11 Å². The van der Waals surface area contributed by atoms with Gasteiger partial charge in [-0.15, -0.1) is 0 Å². The van der Waals surface area contributed by atoms with Gasteiger partial charge in [0.1, 0.15) is 22.9 Å². The highest BCUT2D eigenvalue weighted by molar-refractivity contribution is 5.95. The van der Waals surface area contributed by atoms with Crippen molar-refractivity contribution >= 4 is 16.9 Å². The summed E-state index contributed by atoms with van der Waals surface area (Å²) in [6.07, 6.45) is 0. The summed E-state index contributed by atoms with van der Waals surface area (Å²) < 4.78 is 13.2. The number of fused-ring (bicyclic) bond motifs is 1. The van der Waals surface area contributed by atoms with Gasteiger partial charge in [-0.05, 0) is 55.3 Å². The first-order valence-electron chi connectivity index (χ1n) is 8.67. The Morgan fingerprint density at radius 3 is 2.42 bits per heavy atom. The van der Waals surface area contributed by atoms with E-state index in [1.54, 1.807) is 17.7 Å². The van der Waals surface area contributed by atoms with Gasteiger partial charge in [-0.2, -0.15) is 0 Å². The molecule has 5 heteroatoms. The van der Waals surface area contributed by atoms with Crippen LogP contribution in [0.5, 0.6) is 17.2 Å². The molecule has 0 bridgehead atoms. The first-order chi connectivity index (χ1) is 12.4. The van der Waals surface area contributed by atoms with Crippen LogP contribution in [0.4, 0.5) is 0 Å². The predicted octanol–water partition coefficient (Wildman–Crippen LogP) is 5.28. The van der Waals surface area contributed by atoms with Gasteiger partial charge in [0.05, 0.1) is 7.11 Å². The van der Waals surface area contributed by atoms with E-state index in [4.69, 9.17) is 9.47 Å². The van der Waals surface area contributed by atoms with Crippen LogP contribution in [0.1, 0.15) is 42.7 Å². The fourth-order valence-corrected chi connectivity index (χ4v) is 3.19. The number of methoxy groups -OCH3 is 1. The number of aryl methyl sites for hydroxylation is 1. The smallest absolute Gasteiger partial charge is 0.352 e. The average Bonchev–Trinajstić information content (AvgIpc) is 2.99. The molecule has 3 rings (SSSR count). The molecular formula is C21H23NO4. The summed E-state index contributed by atoms with van der Waals surface area (Å²) in [5.41, 5.74) is 2.25. The summed E-state index contributed by atoms with van der Waals surface area (Å²) in [5, 5.41) is 10.2. The summed E-state index contributed by atoms with van der Waals surface area (Å²) in [4.78, 5) is 11.4. The van der Waals surface area contributed by atoms with Gasteiger partial charge in [-0.25, -0.2) is 4.79 Å². The highest BCUT2D eigenvalue weighted by Crippen LogP contribution is 2.33. The largest absolute Gasteiger partial charge is 0.496 e. The van der Waals surface area contributed by atoms with Gasteiger partial charge in [-0.3, -0.25) is 0 Å². The highest BCUT2D eigenvalue weighted by Gasteiger charge is 2.14. The lowest BCUT2D eigenvalue weighted by molar-refractivity contribution is 0.0686. The Hall–Kier alpha value is -2.95. The van der Waals surface area contributed by atoms with E-state index < -0.39 is 5.97 Å². The van der Waals surface area contributed by atoms with Gasteiger partial charge in [-0.1, -0.05) is 13.8 Å². The van der Waals surface area contributed by atoms with Crippen molar-refractivity contribution < 1.29 is 19.4 Å². The van der Waals surface area contributed by atoms with E-state index in [0.717, 1.165) is 28.0 Å². The van der Waals surface area contributed by atoms with E-state index >= 15 is 0 Å². The van der Waals surface area contributed by atoms with Crippen LogP contribution >= 0.6 is 0 Å². The second-order valence-electron chi connectivity index (χ2n) is 6.46. The molecule has 0 saturated heterocycles. The fraction of sp³-hybridized carbons (Fsp3) is 0.286. The third-order valence-corrected chi connectivity index (χ3v) is 4.47. The highest BCUT2D eigenvalue weighted by atomic mass is 16.5. The van der Waals surface area contributed by atoms with Crippen molar-refractivity contribution in [3.63, 3.8) is 0 Å². The number of rotatable bonds is 6. The molecule has 5 nitrogen and oxygen atoms in total. The van der Waals surface area contributed by atoms with E-state index in [1.807, 2.05) is 43.3 Å². The zero-order chi connectivity index (χ0) is 18.8. The van der Waals surface area contributed by atoms with Crippen LogP contribution in [0.25, 0.3) is 10.9 Å². The molecule has 26 heavy (non-hydrogen) atoms. The van der Waals surface area contributed by atoms with Crippen LogP contribution in [-0.4, -0.2) is 22.8 Å². The number of carboxylic acids is 1. The number of aromatic carboxylic acids is 1. The number of hydrogen-bond acceptors (Lipinski definition) is 3. The second-order valence-corrected chi connectivity index (χ2v) is 6.46. The van der Waals surface area contributed by atoms with E-state index in [0.29, 0.717) is 18.2 Å². The number of benzene rings is 2. The molecule has 0 amide bonds. The summed E-state index contributed by atoms with van der Waals surface area (Å²) in [5.74, 6) is 1.62. The van der Waals surface area contributed by atoms with E-state index in [1.165, 1.54) is 0 Å². The molecule has 0 spiro atoms. The first kappa shape index (κ1) is 17.9. The molecule has 0 radical (unpaired) electrons. The Morgan fingerprint density at radius 1 is 1.12 bits per heavy atom. The molecule has 0 unspecified atom stereocenters. The van der Waals surface area contributed by atoms with Crippen molar-refractivity contribution in [1.82, 2.24) is 4.57 Å². The third-order valence-electron chi connectivity index (χ3n) is 4.47. The van der Waals surface area contributed by atoms with Gasteiger partial charge in [0.25, 0.3) is 0 Å². The Bertz CT molecular complexity index is 956. The number of nitrogens with zero attached hydrogens (tertiary/aromatic N) is 1. The lowest BCUT2D eigenvalue weighted by atomic mass is 10.0. The zero-order valence-corrected chi connectivity index (χ0v) is 15.4. The summed E-state index contributed by atoms with van der Waals surface area (Å²) in [6, 6.07) is 13.1. The van der Waals surface area contributed by atoms with Crippen LogP contribution in [0, 0.1) is 0 Å². The van der Waals surface area contributed by atoms with Crippen molar-refractivity contribution in [3.05, 3.63) is 53.7 Å². The van der Waals surface area contributed by atoms with Gasteiger partial charge in [0, 0.05) is 23.0 Å². The lowest BCUT2D eigenvalue weighted by Gasteiger charge is -2.14. The number of carboxylic acid groups (broad SMARTS) is 1. The molecule has 3 aromatic rings. The quantitative estimate of drug-likeness (QED) is 0.654. The zero-order valence-electron chi connectivity index (χ0n) is 15.4. The maximum absolute atomic E-state index is 11.4. The van der Waals surface area contributed by atoms with Crippen molar-refractivity contribution in [2.24, 2.45) is 0 Å². The van der Waals surface area contributed by atoms with Gasteiger partial charge in [0.2, 0.25) is 0 Å². The van der Waals surface area contributed by atoms with Crippen molar-refractivity contribution in [1.29, 1.82) is 0 Å². The van der Waals surface area contributed by atoms with E-state index in [-0.39, 0.29) is 5.69 Å². The molecular weight excluding hydrogens is 330 g/mol. The Balaban J connectivity index is 1.97. The second kappa shape index (κ2) is 7.12. The third kappa shape index (κ3) is 3.25. The fourth-order valence-electron chi connectivity index (χ4n) is 3.19. The Kier molecular flexibility index (Phi) is 4.89. The van der Waals surface area contributed by atoms with Gasteiger partial charge < -0.3 is 19.1 Å². The SMILES string of the molecule is CCn1c(C(=O)O)cc2cc(Oc3ccc(OC)c(C(C)C)c3)ccc21. The van der Waals surface area contributed by atoms with E-state index in [2.05, 4.69) is 13.8 Å². The minimum atomic E-state index is -0.928. The van der Waals surface area contributed by atoms with Crippen LogP contribution in [-0.2, 0) is 6.54 Å². The molecule has 1 heterocycles. The minimum Gasteiger partial charge on any atom is -0.496 e. The molecule has 0 saturated carbocycles. The summed E-state index contributed by atoms with van der Waals surface area (Å²) >= 11 is 0. The molecule has 0 aliphatic carbocycles. The molecule has 0 aliphatic rings. The van der Waals surface area contributed by atoms with E-state index in [9.17, 15) is 9.90 Å².